The van der Waals surface area contributed by atoms with E-state index >= 15 is 0 Å². The van der Waals surface area contributed by atoms with Crippen molar-refractivity contribution in [3.05, 3.63) is 18.0 Å². The van der Waals surface area contributed by atoms with Crippen LogP contribution in [-0.2, 0) is 4.79 Å². The number of hydrogen-bond donors (Lipinski definition) is 2. The van der Waals surface area contributed by atoms with Gasteiger partial charge in [-0.3, -0.25) is 9.89 Å². The highest BCUT2D eigenvalue weighted by molar-refractivity contribution is 5.80. The standard InChI is InChI=1S/C16H24N4O/c17-15-11-4-3-10(8-11)14(15)16(21)20-7-1-2-12(9-20)13-5-6-18-19-13/h5-6,10-12,14-15H,1-4,7-9,17H2,(H,18,19). The number of likely N-dealkylation sites (tertiary alicyclic amines) is 1. The summed E-state index contributed by atoms with van der Waals surface area (Å²) in [5.74, 6) is 1.95. The SMILES string of the molecule is NC1C2CCC(C2)C1C(=O)N1CCCC(c2ccn[nH]2)C1. The van der Waals surface area contributed by atoms with Gasteiger partial charge in [-0.25, -0.2) is 0 Å². The van der Waals surface area contributed by atoms with Gasteiger partial charge in [-0.2, -0.15) is 5.10 Å². The Labute approximate surface area is 125 Å². The van der Waals surface area contributed by atoms with Gasteiger partial charge in [0.1, 0.15) is 0 Å². The quantitative estimate of drug-likeness (QED) is 0.865. The predicted octanol–water partition coefficient (Wildman–Crippen LogP) is 1.49. The molecule has 2 heterocycles. The van der Waals surface area contributed by atoms with E-state index in [9.17, 15) is 4.79 Å². The number of carbonyl (C=O) groups excluding carboxylic acids is 1. The molecule has 1 saturated heterocycles. The van der Waals surface area contributed by atoms with Crippen LogP contribution in [-0.4, -0.2) is 40.1 Å². The molecular weight excluding hydrogens is 264 g/mol. The fourth-order valence-electron chi connectivity index (χ4n) is 4.84. The number of aromatic nitrogens is 2. The van der Waals surface area contributed by atoms with Crippen LogP contribution in [0.2, 0.25) is 0 Å². The lowest BCUT2D eigenvalue weighted by molar-refractivity contribution is -0.139. The monoisotopic (exact) mass is 288 g/mol. The van der Waals surface area contributed by atoms with Crippen LogP contribution in [0.1, 0.15) is 43.7 Å². The highest BCUT2D eigenvalue weighted by Crippen LogP contribution is 2.48. The lowest BCUT2D eigenvalue weighted by Crippen LogP contribution is -2.49. The summed E-state index contributed by atoms with van der Waals surface area (Å²) in [6.45, 7) is 1.71. The molecule has 114 valence electrons. The zero-order valence-electron chi connectivity index (χ0n) is 12.4. The van der Waals surface area contributed by atoms with E-state index in [-0.39, 0.29) is 12.0 Å². The zero-order chi connectivity index (χ0) is 14.4. The largest absolute Gasteiger partial charge is 0.342 e. The number of carbonyl (C=O) groups is 1. The Hall–Kier alpha value is -1.36. The van der Waals surface area contributed by atoms with E-state index in [1.54, 1.807) is 6.20 Å². The molecule has 1 aromatic rings. The van der Waals surface area contributed by atoms with Gasteiger partial charge in [0.2, 0.25) is 5.91 Å². The number of amides is 1. The van der Waals surface area contributed by atoms with E-state index in [1.165, 1.54) is 19.3 Å². The number of rotatable bonds is 2. The van der Waals surface area contributed by atoms with Crippen LogP contribution in [0, 0.1) is 17.8 Å². The summed E-state index contributed by atoms with van der Waals surface area (Å²) in [6, 6.07) is 2.13. The summed E-state index contributed by atoms with van der Waals surface area (Å²) >= 11 is 0. The van der Waals surface area contributed by atoms with Gasteiger partial charge in [0.05, 0.1) is 5.92 Å². The summed E-state index contributed by atoms with van der Waals surface area (Å²) in [5, 5.41) is 7.10. The van der Waals surface area contributed by atoms with Crippen LogP contribution < -0.4 is 5.73 Å². The number of nitrogens with two attached hydrogens (primary N) is 1. The summed E-state index contributed by atoms with van der Waals surface area (Å²) in [6.07, 6.45) is 7.61. The molecule has 0 radical (unpaired) electrons. The van der Waals surface area contributed by atoms with Gasteiger partial charge in [0, 0.05) is 36.9 Å². The lowest BCUT2D eigenvalue weighted by Gasteiger charge is -2.37. The number of nitrogens with zero attached hydrogens (tertiary/aromatic N) is 2. The average Bonchev–Trinajstić information content (AvgIpc) is 3.24. The molecule has 3 aliphatic rings. The van der Waals surface area contributed by atoms with E-state index in [0.717, 1.165) is 31.6 Å². The van der Waals surface area contributed by atoms with Crippen molar-refractivity contribution in [2.45, 2.75) is 44.1 Å². The number of nitrogens with one attached hydrogen (secondary N) is 1. The lowest BCUT2D eigenvalue weighted by atomic mass is 9.83. The molecule has 21 heavy (non-hydrogen) atoms. The third kappa shape index (κ3) is 2.18. The number of aromatic amines is 1. The van der Waals surface area contributed by atoms with Crippen molar-refractivity contribution in [2.24, 2.45) is 23.5 Å². The Kier molecular flexibility index (Phi) is 3.25. The van der Waals surface area contributed by atoms with Crippen LogP contribution in [0.25, 0.3) is 0 Å². The molecule has 0 spiro atoms. The van der Waals surface area contributed by atoms with Crippen LogP contribution in [0.4, 0.5) is 0 Å². The second-order valence-corrected chi connectivity index (χ2v) is 7.07. The third-order valence-electron chi connectivity index (χ3n) is 5.96. The molecular formula is C16H24N4O. The van der Waals surface area contributed by atoms with E-state index in [4.69, 9.17) is 5.73 Å². The summed E-state index contributed by atoms with van der Waals surface area (Å²) < 4.78 is 0. The molecule has 1 amide bonds. The average molecular weight is 288 g/mol. The molecule has 5 atom stereocenters. The van der Waals surface area contributed by atoms with Crippen molar-refractivity contribution >= 4 is 5.91 Å². The number of fused-ring (bicyclic) bond motifs is 2. The Morgan fingerprint density at radius 2 is 2.19 bits per heavy atom. The minimum absolute atomic E-state index is 0.0873. The van der Waals surface area contributed by atoms with Crippen LogP contribution in [0.3, 0.4) is 0 Å². The van der Waals surface area contributed by atoms with E-state index in [2.05, 4.69) is 15.1 Å². The third-order valence-corrected chi connectivity index (χ3v) is 5.96. The molecule has 4 rings (SSSR count). The maximum absolute atomic E-state index is 12.9. The van der Waals surface area contributed by atoms with Crippen molar-refractivity contribution in [3.63, 3.8) is 0 Å². The summed E-state index contributed by atoms with van der Waals surface area (Å²) in [5.41, 5.74) is 7.49. The summed E-state index contributed by atoms with van der Waals surface area (Å²) in [7, 11) is 0. The minimum Gasteiger partial charge on any atom is -0.342 e. The smallest absolute Gasteiger partial charge is 0.227 e. The second-order valence-electron chi connectivity index (χ2n) is 7.07. The molecule has 3 N–H and O–H groups in total. The van der Waals surface area contributed by atoms with Gasteiger partial charge in [0.15, 0.2) is 0 Å². The van der Waals surface area contributed by atoms with Crippen molar-refractivity contribution in [1.82, 2.24) is 15.1 Å². The maximum Gasteiger partial charge on any atom is 0.227 e. The Bertz CT molecular complexity index is 512. The van der Waals surface area contributed by atoms with Crippen LogP contribution in [0.15, 0.2) is 12.3 Å². The van der Waals surface area contributed by atoms with Crippen molar-refractivity contribution < 1.29 is 4.79 Å². The van der Waals surface area contributed by atoms with Gasteiger partial charge < -0.3 is 10.6 Å². The molecule has 5 unspecified atom stereocenters. The number of hydrogen-bond acceptors (Lipinski definition) is 3. The maximum atomic E-state index is 12.9. The predicted molar refractivity (Wildman–Crippen MR) is 79.4 cm³/mol. The van der Waals surface area contributed by atoms with Crippen molar-refractivity contribution in [2.75, 3.05) is 13.1 Å². The van der Waals surface area contributed by atoms with Crippen LogP contribution in [0.5, 0.6) is 0 Å². The Balaban J connectivity index is 1.47. The normalized spacial score (nSPS) is 38.9. The van der Waals surface area contributed by atoms with Gasteiger partial charge in [-0.1, -0.05) is 0 Å². The van der Waals surface area contributed by atoms with Crippen LogP contribution >= 0.6 is 0 Å². The van der Waals surface area contributed by atoms with Gasteiger partial charge in [0.25, 0.3) is 0 Å². The first-order valence-corrected chi connectivity index (χ1v) is 8.27. The highest BCUT2D eigenvalue weighted by atomic mass is 16.2. The Morgan fingerprint density at radius 3 is 2.90 bits per heavy atom. The molecule has 5 heteroatoms. The van der Waals surface area contributed by atoms with E-state index < -0.39 is 0 Å². The highest BCUT2D eigenvalue weighted by Gasteiger charge is 2.50. The van der Waals surface area contributed by atoms with Gasteiger partial charge in [-0.05, 0) is 50.0 Å². The second kappa shape index (κ2) is 5.13. The Morgan fingerprint density at radius 1 is 1.33 bits per heavy atom. The van der Waals surface area contributed by atoms with Gasteiger partial charge in [-0.15, -0.1) is 0 Å². The van der Waals surface area contributed by atoms with E-state index in [1.807, 2.05) is 6.07 Å². The fourth-order valence-corrected chi connectivity index (χ4v) is 4.84. The first kappa shape index (κ1) is 13.3. The molecule has 3 fully saturated rings. The fraction of sp³-hybridized carbons (Fsp3) is 0.750. The molecule has 1 aliphatic heterocycles. The molecule has 2 aliphatic carbocycles. The van der Waals surface area contributed by atoms with Crippen molar-refractivity contribution in [1.29, 1.82) is 0 Å². The summed E-state index contributed by atoms with van der Waals surface area (Å²) in [4.78, 5) is 15.0. The number of H-pyrrole nitrogens is 1. The van der Waals surface area contributed by atoms with Crippen molar-refractivity contribution in [3.8, 4) is 0 Å². The molecule has 2 saturated carbocycles. The molecule has 1 aromatic heterocycles. The minimum atomic E-state index is 0.0873. The van der Waals surface area contributed by atoms with E-state index in [0.29, 0.717) is 23.7 Å². The first-order valence-electron chi connectivity index (χ1n) is 8.27. The molecule has 2 bridgehead atoms. The molecule has 5 nitrogen and oxygen atoms in total. The zero-order valence-corrected chi connectivity index (χ0v) is 12.4. The molecule has 0 aromatic carbocycles. The first-order chi connectivity index (χ1) is 10.2. The topological polar surface area (TPSA) is 75.0 Å². The van der Waals surface area contributed by atoms with Gasteiger partial charge >= 0.3 is 0 Å². The number of piperidine rings is 1.